The highest BCUT2D eigenvalue weighted by Gasteiger charge is 2.34. The van der Waals surface area contributed by atoms with Crippen molar-refractivity contribution in [3.63, 3.8) is 0 Å². The Morgan fingerprint density at radius 3 is 2.39 bits per heavy atom. The van der Waals surface area contributed by atoms with Crippen molar-refractivity contribution >= 4 is 11.7 Å². The van der Waals surface area contributed by atoms with Gasteiger partial charge in [-0.3, -0.25) is 4.79 Å². The third-order valence-corrected chi connectivity index (χ3v) is 5.35. The first-order chi connectivity index (χ1) is 15.8. The number of amides is 1. The van der Waals surface area contributed by atoms with Crippen LogP contribution in [0.5, 0.6) is 0 Å². The SMILES string of the molecule is Cc1ccnc(N2CCN(C(=O)c3ccc(C(F)(F)F)c(C#Cc4ccccn4)c3)CC2)c1. The molecule has 5 nitrogen and oxygen atoms in total. The second kappa shape index (κ2) is 9.33. The van der Waals surface area contributed by atoms with Crippen LogP contribution in [0.2, 0.25) is 0 Å². The summed E-state index contributed by atoms with van der Waals surface area (Å²) < 4.78 is 40.5. The van der Waals surface area contributed by atoms with Gasteiger partial charge in [0.25, 0.3) is 5.91 Å². The van der Waals surface area contributed by atoms with Crippen molar-refractivity contribution in [2.24, 2.45) is 0 Å². The van der Waals surface area contributed by atoms with E-state index in [1.54, 1.807) is 29.3 Å². The number of nitrogens with zero attached hydrogens (tertiary/aromatic N) is 4. The molecule has 168 valence electrons. The molecule has 0 saturated carbocycles. The number of carbonyl (C=O) groups excluding carboxylic acids is 1. The van der Waals surface area contributed by atoms with Crippen LogP contribution in [-0.4, -0.2) is 47.0 Å². The fourth-order valence-corrected chi connectivity index (χ4v) is 3.61. The topological polar surface area (TPSA) is 49.3 Å². The first-order valence-corrected chi connectivity index (χ1v) is 10.4. The average Bonchev–Trinajstić information content (AvgIpc) is 2.82. The van der Waals surface area contributed by atoms with E-state index in [1.165, 1.54) is 18.3 Å². The van der Waals surface area contributed by atoms with E-state index in [2.05, 4.69) is 26.7 Å². The Hall–Kier alpha value is -3.86. The summed E-state index contributed by atoms with van der Waals surface area (Å²) in [5.41, 5.74) is 0.501. The number of halogens is 3. The molecule has 8 heteroatoms. The lowest BCUT2D eigenvalue weighted by molar-refractivity contribution is -0.137. The van der Waals surface area contributed by atoms with Crippen molar-refractivity contribution < 1.29 is 18.0 Å². The van der Waals surface area contributed by atoms with Gasteiger partial charge in [-0.15, -0.1) is 0 Å². The van der Waals surface area contributed by atoms with E-state index in [9.17, 15) is 18.0 Å². The van der Waals surface area contributed by atoms with E-state index in [1.807, 2.05) is 19.1 Å². The van der Waals surface area contributed by atoms with Crippen molar-refractivity contribution in [1.82, 2.24) is 14.9 Å². The minimum atomic E-state index is -4.58. The first kappa shape index (κ1) is 22.3. The summed E-state index contributed by atoms with van der Waals surface area (Å²) in [6.07, 6.45) is -1.32. The lowest BCUT2D eigenvalue weighted by Gasteiger charge is -2.35. The van der Waals surface area contributed by atoms with Gasteiger partial charge in [0.15, 0.2) is 0 Å². The highest BCUT2D eigenvalue weighted by atomic mass is 19.4. The standard InChI is InChI=1S/C25H21F3N4O/c1-18-9-11-30-23(16-18)31-12-14-32(15-13-31)24(33)20-6-8-22(25(26,27)28)19(17-20)5-7-21-4-2-3-10-29-21/h2-4,6,8-11,16-17H,12-15H2,1H3. The van der Waals surface area contributed by atoms with Crippen molar-refractivity contribution in [2.45, 2.75) is 13.1 Å². The van der Waals surface area contributed by atoms with Crippen LogP contribution in [-0.2, 0) is 6.18 Å². The highest BCUT2D eigenvalue weighted by Crippen LogP contribution is 2.32. The molecule has 1 saturated heterocycles. The molecular formula is C25H21F3N4O. The molecule has 0 unspecified atom stereocenters. The van der Waals surface area contributed by atoms with Crippen molar-refractivity contribution in [3.05, 3.63) is 88.9 Å². The summed E-state index contributed by atoms with van der Waals surface area (Å²) in [5.74, 6) is 5.73. The molecule has 33 heavy (non-hydrogen) atoms. The van der Waals surface area contributed by atoms with E-state index in [-0.39, 0.29) is 17.0 Å². The fraction of sp³-hybridized carbons (Fsp3) is 0.240. The van der Waals surface area contributed by atoms with Crippen LogP contribution >= 0.6 is 0 Å². The lowest BCUT2D eigenvalue weighted by Crippen LogP contribution is -2.49. The third-order valence-electron chi connectivity index (χ3n) is 5.35. The monoisotopic (exact) mass is 450 g/mol. The maximum absolute atomic E-state index is 13.5. The molecule has 3 heterocycles. The maximum Gasteiger partial charge on any atom is 0.417 e. The van der Waals surface area contributed by atoms with Gasteiger partial charge < -0.3 is 9.80 Å². The Labute approximate surface area is 189 Å². The van der Waals surface area contributed by atoms with E-state index in [4.69, 9.17) is 0 Å². The number of aromatic nitrogens is 2. The van der Waals surface area contributed by atoms with Crippen LogP contribution < -0.4 is 4.90 Å². The number of pyridine rings is 2. The van der Waals surface area contributed by atoms with Gasteiger partial charge in [0.1, 0.15) is 11.5 Å². The summed E-state index contributed by atoms with van der Waals surface area (Å²) in [4.78, 5) is 25.2. The lowest BCUT2D eigenvalue weighted by atomic mass is 10.0. The Balaban J connectivity index is 1.54. The Morgan fingerprint density at radius 1 is 0.939 bits per heavy atom. The molecule has 0 atom stereocenters. The summed E-state index contributed by atoms with van der Waals surface area (Å²) in [6.45, 7) is 4.07. The van der Waals surface area contributed by atoms with Gasteiger partial charge in [0.2, 0.25) is 0 Å². The molecule has 1 aromatic carbocycles. The molecule has 0 radical (unpaired) electrons. The molecule has 1 aliphatic rings. The minimum absolute atomic E-state index is 0.176. The zero-order valence-electron chi connectivity index (χ0n) is 17.9. The quantitative estimate of drug-likeness (QED) is 0.550. The molecule has 3 aromatic rings. The smallest absolute Gasteiger partial charge is 0.353 e. The second-order valence-corrected chi connectivity index (χ2v) is 7.69. The molecule has 1 aliphatic heterocycles. The number of anilines is 1. The van der Waals surface area contributed by atoms with Crippen molar-refractivity contribution in [1.29, 1.82) is 0 Å². The van der Waals surface area contributed by atoms with Crippen LogP contribution in [0.15, 0.2) is 60.9 Å². The molecule has 1 fully saturated rings. The van der Waals surface area contributed by atoms with Crippen LogP contribution in [0.25, 0.3) is 0 Å². The predicted octanol–water partition coefficient (Wildman–Crippen LogP) is 4.17. The number of carbonyl (C=O) groups is 1. The van der Waals surface area contributed by atoms with Crippen LogP contribution in [0.3, 0.4) is 0 Å². The van der Waals surface area contributed by atoms with Gasteiger partial charge in [-0.1, -0.05) is 12.0 Å². The van der Waals surface area contributed by atoms with Gasteiger partial charge in [0, 0.05) is 49.7 Å². The van der Waals surface area contributed by atoms with Gasteiger partial charge in [0.05, 0.1) is 5.56 Å². The van der Waals surface area contributed by atoms with Gasteiger partial charge in [-0.25, -0.2) is 9.97 Å². The van der Waals surface area contributed by atoms with E-state index in [0.717, 1.165) is 17.4 Å². The van der Waals surface area contributed by atoms with E-state index in [0.29, 0.717) is 31.9 Å². The number of benzene rings is 1. The highest BCUT2D eigenvalue weighted by molar-refractivity contribution is 5.95. The molecule has 0 bridgehead atoms. The Kier molecular flexibility index (Phi) is 6.31. The summed E-state index contributed by atoms with van der Waals surface area (Å²) in [5, 5.41) is 0. The second-order valence-electron chi connectivity index (χ2n) is 7.69. The zero-order valence-corrected chi connectivity index (χ0v) is 17.9. The van der Waals surface area contributed by atoms with E-state index < -0.39 is 11.7 Å². The largest absolute Gasteiger partial charge is 0.417 e. The zero-order chi connectivity index (χ0) is 23.4. The fourth-order valence-electron chi connectivity index (χ4n) is 3.61. The van der Waals surface area contributed by atoms with E-state index >= 15 is 0 Å². The molecule has 4 rings (SSSR count). The van der Waals surface area contributed by atoms with Crippen molar-refractivity contribution in [3.8, 4) is 11.8 Å². The molecule has 0 aliphatic carbocycles. The number of piperazine rings is 1. The van der Waals surface area contributed by atoms with Gasteiger partial charge >= 0.3 is 6.18 Å². The number of aryl methyl sites for hydroxylation is 1. The Bertz CT molecular complexity index is 1210. The average molecular weight is 450 g/mol. The number of hydrogen-bond acceptors (Lipinski definition) is 4. The predicted molar refractivity (Wildman–Crippen MR) is 119 cm³/mol. The molecule has 2 aromatic heterocycles. The number of alkyl halides is 3. The normalized spacial score (nSPS) is 13.9. The molecule has 1 amide bonds. The molecule has 0 spiro atoms. The minimum Gasteiger partial charge on any atom is -0.353 e. The first-order valence-electron chi connectivity index (χ1n) is 10.4. The summed E-state index contributed by atoms with van der Waals surface area (Å²) in [7, 11) is 0. The van der Waals surface area contributed by atoms with Crippen LogP contribution in [0.1, 0.15) is 32.7 Å². The third kappa shape index (κ3) is 5.32. The molecular weight excluding hydrogens is 429 g/mol. The van der Waals surface area contributed by atoms with Crippen LogP contribution in [0, 0.1) is 18.8 Å². The van der Waals surface area contributed by atoms with Crippen LogP contribution in [0.4, 0.5) is 19.0 Å². The van der Waals surface area contributed by atoms with Crippen molar-refractivity contribution in [2.75, 3.05) is 31.1 Å². The van der Waals surface area contributed by atoms with Gasteiger partial charge in [-0.05, 0) is 60.9 Å². The molecule has 0 N–H and O–H groups in total. The number of rotatable bonds is 2. The summed E-state index contributed by atoms with van der Waals surface area (Å²) in [6, 6.07) is 12.3. The summed E-state index contributed by atoms with van der Waals surface area (Å²) >= 11 is 0. The van der Waals surface area contributed by atoms with Gasteiger partial charge in [-0.2, -0.15) is 13.2 Å². The Morgan fingerprint density at radius 2 is 1.73 bits per heavy atom. The maximum atomic E-state index is 13.5. The number of hydrogen-bond donors (Lipinski definition) is 0.